The highest BCUT2D eigenvalue weighted by atomic mass is 127. The summed E-state index contributed by atoms with van der Waals surface area (Å²) in [7, 11) is -2.73. The van der Waals surface area contributed by atoms with Crippen molar-refractivity contribution < 1.29 is 17.9 Å². The van der Waals surface area contributed by atoms with Crippen LogP contribution in [0.25, 0.3) is 10.9 Å². The van der Waals surface area contributed by atoms with Crippen LogP contribution in [0, 0.1) is 3.57 Å². The average molecular weight is 520 g/mol. The summed E-state index contributed by atoms with van der Waals surface area (Å²) < 4.78 is 33.5. The Morgan fingerprint density at radius 2 is 1.75 bits per heavy atom. The molecule has 0 spiro atoms. The molecular formula is C16H11BrINO4S. The SMILES string of the molecule is COC(=O)c1c(I)c2ccccc2n1S(=O)(=O)c1ccc(Br)cc1. The van der Waals surface area contributed by atoms with Crippen molar-refractivity contribution in [2.24, 2.45) is 0 Å². The van der Waals surface area contributed by atoms with Crippen molar-refractivity contribution in [1.29, 1.82) is 0 Å². The molecule has 1 heterocycles. The van der Waals surface area contributed by atoms with Crippen LogP contribution in [0.4, 0.5) is 0 Å². The van der Waals surface area contributed by atoms with Gasteiger partial charge in [0, 0.05) is 9.86 Å². The van der Waals surface area contributed by atoms with Crippen molar-refractivity contribution >= 4 is 65.4 Å². The number of para-hydroxylation sites is 1. The Kier molecular flexibility index (Phi) is 4.71. The zero-order valence-electron chi connectivity index (χ0n) is 12.4. The molecule has 0 saturated carbocycles. The van der Waals surface area contributed by atoms with Gasteiger partial charge in [0.05, 0.1) is 21.1 Å². The third kappa shape index (κ3) is 2.76. The Bertz CT molecular complexity index is 1040. The first-order valence-corrected chi connectivity index (χ1v) is 10.1. The summed E-state index contributed by atoms with van der Waals surface area (Å²) in [5.74, 6) is -0.698. The lowest BCUT2D eigenvalue weighted by molar-refractivity contribution is 0.0592. The van der Waals surface area contributed by atoms with Gasteiger partial charge in [0.1, 0.15) is 0 Å². The van der Waals surface area contributed by atoms with E-state index in [2.05, 4.69) is 15.9 Å². The number of esters is 1. The number of nitrogens with zero attached hydrogens (tertiary/aromatic N) is 1. The van der Waals surface area contributed by atoms with Crippen LogP contribution in [0.15, 0.2) is 57.9 Å². The number of methoxy groups -OCH3 is 1. The maximum atomic E-state index is 13.2. The Balaban J connectivity index is 2.40. The highest BCUT2D eigenvalue weighted by Gasteiger charge is 2.30. The maximum absolute atomic E-state index is 13.2. The predicted octanol–water partition coefficient (Wildman–Crippen LogP) is 4.03. The zero-order chi connectivity index (χ0) is 17.5. The van der Waals surface area contributed by atoms with E-state index in [1.54, 1.807) is 36.4 Å². The van der Waals surface area contributed by atoms with Crippen molar-refractivity contribution in [1.82, 2.24) is 3.97 Å². The smallest absolute Gasteiger partial charge is 0.356 e. The Hall–Kier alpha value is -1.39. The molecule has 0 radical (unpaired) electrons. The molecule has 0 unspecified atom stereocenters. The van der Waals surface area contributed by atoms with Crippen molar-refractivity contribution in [2.75, 3.05) is 7.11 Å². The molecule has 0 atom stereocenters. The Morgan fingerprint density at radius 3 is 2.38 bits per heavy atom. The van der Waals surface area contributed by atoms with Crippen molar-refractivity contribution in [2.45, 2.75) is 4.90 Å². The normalized spacial score (nSPS) is 11.6. The number of benzene rings is 2. The van der Waals surface area contributed by atoms with Gasteiger partial charge in [0.25, 0.3) is 10.0 Å². The molecule has 0 amide bonds. The van der Waals surface area contributed by atoms with Crippen molar-refractivity contribution in [3.63, 3.8) is 0 Å². The van der Waals surface area contributed by atoms with Gasteiger partial charge < -0.3 is 4.74 Å². The zero-order valence-corrected chi connectivity index (χ0v) is 16.9. The van der Waals surface area contributed by atoms with E-state index in [4.69, 9.17) is 4.74 Å². The molecule has 5 nitrogen and oxygen atoms in total. The number of ether oxygens (including phenoxy) is 1. The second-order valence-electron chi connectivity index (χ2n) is 4.89. The van der Waals surface area contributed by atoms with Gasteiger partial charge in [-0.3, -0.25) is 0 Å². The summed E-state index contributed by atoms with van der Waals surface area (Å²) >= 11 is 5.25. The largest absolute Gasteiger partial charge is 0.464 e. The number of carbonyl (C=O) groups excluding carboxylic acids is 1. The Labute approximate surface area is 160 Å². The highest BCUT2D eigenvalue weighted by molar-refractivity contribution is 14.1. The summed E-state index contributed by atoms with van der Waals surface area (Å²) in [4.78, 5) is 12.3. The maximum Gasteiger partial charge on any atom is 0.356 e. The topological polar surface area (TPSA) is 65.4 Å². The van der Waals surface area contributed by atoms with E-state index in [0.29, 0.717) is 14.5 Å². The highest BCUT2D eigenvalue weighted by Crippen LogP contribution is 2.32. The summed E-state index contributed by atoms with van der Waals surface area (Å²) in [6, 6.07) is 13.2. The average Bonchev–Trinajstić information content (AvgIpc) is 2.88. The monoisotopic (exact) mass is 519 g/mol. The minimum absolute atomic E-state index is 0.00205. The van der Waals surface area contributed by atoms with Crippen LogP contribution >= 0.6 is 38.5 Å². The van der Waals surface area contributed by atoms with Crippen LogP contribution in [0.2, 0.25) is 0 Å². The van der Waals surface area contributed by atoms with E-state index in [0.717, 1.165) is 8.45 Å². The van der Waals surface area contributed by atoms with E-state index in [-0.39, 0.29) is 10.6 Å². The number of fused-ring (bicyclic) bond motifs is 1. The summed E-state index contributed by atoms with van der Waals surface area (Å²) in [5, 5.41) is 0.680. The molecule has 0 aliphatic rings. The second-order valence-corrected chi connectivity index (χ2v) is 8.68. The molecule has 124 valence electrons. The first-order chi connectivity index (χ1) is 11.4. The molecule has 0 aliphatic heterocycles. The molecule has 0 saturated heterocycles. The number of hydrogen-bond donors (Lipinski definition) is 0. The van der Waals surface area contributed by atoms with Crippen LogP contribution in [-0.4, -0.2) is 25.5 Å². The summed E-state index contributed by atoms with van der Waals surface area (Å²) in [5.41, 5.74) is 0.437. The molecular weight excluding hydrogens is 509 g/mol. The van der Waals surface area contributed by atoms with Gasteiger partial charge in [-0.25, -0.2) is 17.2 Å². The van der Waals surface area contributed by atoms with Crippen LogP contribution in [-0.2, 0) is 14.8 Å². The van der Waals surface area contributed by atoms with E-state index < -0.39 is 16.0 Å². The number of aromatic nitrogens is 1. The molecule has 24 heavy (non-hydrogen) atoms. The van der Waals surface area contributed by atoms with Crippen LogP contribution in [0.3, 0.4) is 0 Å². The van der Waals surface area contributed by atoms with Gasteiger partial charge in [0.2, 0.25) is 0 Å². The quantitative estimate of drug-likeness (QED) is 0.387. The fourth-order valence-corrected chi connectivity index (χ4v) is 5.27. The number of rotatable bonds is 3. The molecule has 0 fully saturated rings. The molecule has 8 heteroatoms. The Morgan fingerprint density at radius 1 is 1.12 bits per heavy atom. The van der Waals surface area contributed by atoms with Crippen LogP contribution in [0.1, 0.15) is 10.5 Å². The van der Waals surface area contributed by atoms with Crippen LogP contribution in [0.5, 0.6) is 0 Å². The van der Waals surface area contributed by atoms with E-state index in [1.165, 1.54) is 19.2 Å². The number of carbonyl (C=O) groups is 1. The second kappa shape index (κ2) is 6.49. The molecule has 0 N–H and O–H groups in total. The van der Waals surface area contributed by atoms with Gasteiger partial charge in [-0.05, 0) is 52.9 Å². The van der Waals surface area contributed by atoms with Crippen LogP contribution < -0.4 is 0 Å². The predicted molar refractivity (Wildman–Crippen MR) is 103 cm³/mol. The van der Waals surface area contributed by atoms with Crippen molar-refractivity contribution in [3.8, 4) is 0 Å². The minimum atomic E-state index is -3.96. The first kappa shape index (κ1) is 17.4. The molecule has 3 rings (SSSR count). The fraction of sp³-hybridized carbons (Fsp3) is 0.0625. The standard InChI is InChI=1S/C16H11BrINO4S/c1-23-16(20)15-14(18)12-4-2-3-5-13(12)19(15)24(21,22)11-8-6-10(17)7-9-11/h2-9H,1H3. The fourth-order valence-electron chi connectivity index (χ4n) is 2.40. The van der Waals surface area contributed by atoms with E-state index >= 15 is 0 Å². The lowest BCUT2D eigenvalue weighted by Gasteiger charge is -2.11. The third-order valence-corrected chi connectivity index (χ3v) is 6.85. The van der Waals surface area contributed by atoms with Gasteiger partial charge >= 0.3 is 5.97 Å². The van der Waals surface area contributed by atoms with Gasteiger partial charge in [0.15, 0.2) is 5.69 Å². The summed E-state index contributed by atoms with van der Waals surface area (Å²) in [6.45, 7) is 0. The lowest BCUT2D eigenvalue weighted by atomic mass is 10.2. The van der Waals surface area contributed by atoms with Gasteiger partial charge in [-0.1, -0.05) is 34.1 Å². The lowest BCUT2D eigenvalue weighted by Crippen LogP contribution is -2.20. The summed E-state index contributed by atoms with van der Waals surface area (Å²) in [6.07, 6.45) is 0. The molecule has 3 aromatic rings. The van der Waals surface area contributed by atoms with E-state index in [9.17, 15) is 13.2 Å². The minimum Gasteiger partial charge on any atom is -0.464 e. The third-order valence-electron chi connectivity index (χ3n) is 3.50. The molecule has 0 bridgehead atoms. The first-order valence-electron chi connectivity index (χ1n) is 6.76. The number of hydrogen-bond acceptors (Lipinski definition) is 4. The van der Waals surface area contributed by atoms with Gasteiger partial charge in [-0.2, -0.15) is 0 Å². The molecule has 0 aliphatic carbocycles. The molecule has 1 aromatic heterocycles. The number of halogens is 2. The van der Waals surface area contributed by atoms with Crippen molar-refractivity contribution in [3.05, 3.63) is 62.3 Å². The van der Waals surface area contributed by atoms with Gasteiger partial charge in [-0.15, -0.1) is 0 Å². The van der Waals surface area contributed by atoms with E-state index in [1.807, 2.05) is 22.6 Å². The molecule has 2 aromatic carbocycles.